The molecule has 1 saturated heterocycles. The molecule has 0 amide bonds. The molecule has 1 aliphatic rings. The van der Waals surface area contributed by atoms with E-state index in [2.05, 4.69) is 17.0 Å². The Labute approximate surface area is 125 Å². The van der Waals surface area contributed by atoms with Crippen LogP contribution >= 0.6 is 0 Å². The molecule has 0 aliphatic carbocycles. The average molecular weight is 285 g/mol. The van der Waals surface area contributed by atoms with Crippen LogP contribution in [0, 0.1) is 0 Å². The van der Waals surface area contributed by atoms with Crippen LogP contribution in [0.25, 0.3) is 10.8 Å². The number of rotatable bonds is 4. The monoisotopic (exact) mass is 285 g/mol. The number of likely N-dealkylation sites (tertiary alicyclic amines) is 1. The summed E-state index contributed by atoms with van der Waals surface area (Å²) in [6.07, 6.45) is 2.85. The molecule has 1 heterocycles. The number of fused-ring (bicyclic) bond motifs is 1. The summed E-state index contributed by atoms with van der Waals surface area (Å²) < 4.78 is 0. The zero-order valence-electron chi connectivity index (χ0n) is 12.5. The van der Waals surface area contributed by atoms with Crippen molar-refractivity contribution < 1.29 is 10.2 Å². The van der Waals surface area contributed by atoms with Crippen molar-refractivity contribution in [2.24, 2.45) is 0 Å². The number of hydrogen-bond acceptors (Lipinski definition) is 3. The molecule has 112 valence electrons. The SMILES string of the molecule is CC(O)CC1CCCN1Cc1c(O)ccc2ccccc12. The molecule has 2 aromatic carbocycles. The number of phenols is 1. The van der Waals surface area contributed by atoms with Gasteiger partial charge in [-0.3, -0.25) is 4.90 Å². The van der Waals surface area contributed by atoms with Crippen molar-refractivity contribution in [2.45, 2.75) is 44.9 Å². The minimum atomic E-state index is -0.267. The van der Waals surface area contributed by atoms with Crippen molar-refractivity contribution in [1.29, 1.82) is 0 Å². The Morgan fingerprint density at radius 2 is 2.05 bits per heavy atom. The maximum atomic E-state index is 10.3. The fraction of sp³-hybridized carbons (Fsp3) is 0.444. The molecule has 0 bridgehead atoms. The molecule has 0 spiro atoms. The number of phenolic OH excluding ortho intramolecular Hbond substituents is 1. The van der Waals surface area contributed by atoms with E-state index in [1.165, 1.54) is 6.42 Å². The van der Waals surface area contributed by atoms with E-state index >= 15 is 0 Å². The first kappa shape index (κ1) is 14.4. The normalized spacial score (nSPS) is 21.0. The molecule has 2 aromatic rings. The summed E-state index contributed by atoms with van der Waals surface area (Å²) in [7, 11) is 0. The molecule has 0 saturated carbocycles. The lowest BCUT2D eigenvalue weighted by atomic mass is 10.0. The van der Waals surface area contributed by atoms with Crippen molar-refractivity contribution in [3.05, 3.63) is 42.0 Å². The van der Waals surface area contributed by atoms with Gasteiger partial charge in [-0.25, -0.2) is 0 Å². The third-order valence-electron chi connectivity index (χ3n) is 4.49. The summed E-state index contributed by atoms with van der Waals surface area (Å²) in [5.41, 5.74) is 1.01. The van der Waals surface area contributed by atoms with Gasteiger partial charge in [0.2, 0.25) is 0 Å². The Hall–Kier alpha value is -1.58. The van der Waals surface area contributed by atoms with Crippen LogP contribution in [0.2, 0.25) is 0 Å². The van der Waals surface area contributed by atoms with Crippen molar-refractivity contribution >= 4 is 10.8 Å². The van der Waals surface area contributed by atoms with Gasteiger partial charge < -0.3 is 10.2 Å². The minimum absolute atomic E-state index is 0.267. The minimum Gasteiger partial charge on any atom is -0.508 e. The van der Waals surface area contributed by atoms with Crippen LogP contribution in [0.15, 0.2) is 36.4 Å². The molecule has 3 nitrogen and oxygen atoms in total. The predicted molar refractivity (Wildman–Crippen MR) is 85.3 cm³/mol. The lowest BCUT2D eigenvalue weighted by Gasteiger charge is -2.26. The smallest absolute Gasteiger partial charge is 0.120 e. The summed E-state index contributed by atoms with van der Waals surface area (Å²) in [5.74, 6) is 0.372. The molecule has 1 aliphatic heterocycles. The maximum Gasteiger partial charge on any atom is 0.120 e. The molecule has 0 aromatic heterocycles. The van der Waals surface area contributed by atoms with E-state index in [9.17, 15) is 10.2 Å². The van der Waals surface area contributed by atoms with Crippen molar-refractivity contribution in [2.75, 3.05) is 6.54 Å². The largest absolute Gasteiger partial charge is 0.508 e. The summed E-state index contributed by atoms with van der Waals surface area (Å²) in [4.78, 5) is 2.40. The second-order valence-corrected chi connectivity index (χ2v) is 6.14. The maximum absolute atomic E-state index is 10.3. The van der Waals surface area contributed by atoms with Crippen LogP contribution in [0.5, 0.6) is 5.75 Å². The Balaban J connectivity index is 1.89. The third kappa shape index (κ3) is 3.04. The molecule has 3 heteroatoms. The lowest BCUT2D eigenvalue weighted by Crippen LogP contribution is -2.31. The molecule has 2 unspecified atom stereocenters. The standard InChI is InChI=1S/C18H23NO2/c1-13(20)11-15-6-4-10-19(15)12-17-16-7-3-2-5-14(16)8-9-18(17)21/h2-3,5,7-9,13,15,20-21H,4,6,10-12H2,1H3. The highest BCUT2D eigenvalue weighted by Gasteiger charge is 2.26. The van der Waals surface area contributed by atoms with E-state index in [1.807, 2.05) is 25.1 Å². The van der Waals surface area contributed by atoms with Crippen LogP contribution in [0.1, 0.15) is 31.7 Å². The van der Waals surface area contributed by atoms with E-state index in [0.29, 0.717) is 11.8 Å². The Kier molecular flexibility index (Phi) is 4.13. The number of aliphatic hydroxyl groups is 1. The zero-order chi connectivity index (χ0) is 14.8. The number of hydrogen-bond donors (Lipinski definition) is 2. The van der Waals surface area contributed by atoms with Crippen LogP contribution in [-0.4, -0.2) is 33.8 Å². The van der Waals surface area contributed by atoms with Crippen LogP contribution in [0.4, 0.5) is 0 Å². The van der Waals surface area contributed by atoms with Gasteiger partial charge in [0.1, 0.15) is 5.75 Å². The van der Waals surface area contributed by atoms with Crippen LogP contribution in [-0.2, 0) is 6.54 Å². The molecule has 1 fully saturated rings. The average Bonchev–Trinajstić information content (AvgIpc) is 2.88. The summed E-state index contributed by atoms with van der Waals surface area (Å²) in [6, 6.07) is 12.4. The fourth-order valence-electron chi connectivity index (χ4n) is 3.46. The van der Waals surface area contributed by atoms with Crippen molar-refractivity contribution in [3.8, 4) is 5.75 Å². The van der Waals surface area contributed by atoms with Crippen molar-refractivity contribution in [3.63, 3.8) is 0 Å². The van der Waals surface area contributed by atoms with Gasteiger partial charge >= 0.3 is 0 Å². The van der Waals surface area contributed by atoms with Crippen LogP contribution < -0.4 is 0 Å². The lowest BCUT2D eigenvalue weighted by molar-refractivity contribution is 0.130. The molecule has 3 rings (SSSR count). The fourth-order valence-corrected chi connectivity index (χ4v) is 3.46. The molecular formula is C18H23NO2. The number of nitrogens with zero attached hydrogens (tertiary/aromatic N) is 1. The Bertz CT molecular complexity index is 624. The molecular weight excluding hydrogens is 262 g/mol. The van der Waals surface area contributed by atoms with E-state index in [1.54, 1.807) is 6.07 Å². The van der Waals surface area contributed by atoms with E-state index < -0.39 is 0 Å². The van der Waals surface area contributed by atoms with E-state index in [0.717, 1.165) is 42.3 Å². The summed E-state index contributed by atoms with van der Waals surface area (Å²) in [6.45, 7) is 3.65. The van der Waals surface area contributed by atoms with Gasteiger partial charge in [0.05, 0.1) is 6.10 Å². The zero-order valence-corrected chi connectivity index (χ0v) is 12.5. The van der Waals surface area contributed by atoms with E-state index in [4.69, 9.17) is 0 Å². The van der Waals surface area contributed by atoms with Crippen LogP contribution in [0.3, 0.4) is 0 Å². The van der Waals surface area contributed by atoms with Gasteiger partial charge in [0.25, 0.3) is 0 Å². The highest BCUT2D eigenvalue weighted by Crippen LogP contribution is 2.31. The Morgan fingerprint density at radius 1 is 1.24 bits per heavy atom. The quantitative estimate of drug-likeness (QED) is 0.906. The van der Waals surface area contributed by atoms with Gasteiger partial charge in [-0.15, -0.1) is 0 Å². The van der Waals surface area contributed by atoms with Gasteiger partial charge in [0, 0.05) is 18.2 Å². The number of aromatic hydroxyl groups is 1. The molecule has 2 N–H and O–H groups in total. The predicted octanol–water partition coefficient (Wildman–Crippen LogP) is 3.28. The number of aliphatic hydroxyl groups excluding tert-OH is 1. The van der Waals surface area contributed by atoms with Gasteiger partial charge in [0.15, 0.2) is 0 Å². The highest BCUT2D eigenvalue weighted by atomic mass is 16.3. The molecule has 2 atom stereocenters. The van der Waals surface area contributed by atoms with Crippen molar-refractivity contribution in [1.82, 2.24) is 4.90 Å². The first-order chi connectivity index (χ1) is 10.1. The summed E-state index contributed by atoms with van der Waals surface area (Å²) >= 11 is 0. The third-order valence-corrected chi connectivity index (χ3v) is 4.49. The second-order valence-electron chi connectivity index (χ2n) is 6.14. The van der Waals surface area contributed by atoms with Gasteiger partial charge in [-0.05, 0) is 49.6 Å². The second kappa shape index (κ2) is 6.04. The van der Waals surface area contributed by atoms with E-state index in [-0.39, 0.29) is 6.10 Å². The topological polar surface area (TPSA) is 43.7 Å². The van der Waals surface area contributed by atoms with Gasteiger partial charge in [-0.2, -0.15) is 0 Å². The first-order valence-corrected chi connectivity index (χ1v) is 7.77. The molecule has 21 heavy (non-hydrogen) atoms. The molecule has 0 radical (unpaired) electrons. The Morgan fingerprint density at radius 3 is 2.86 bits per heavy atom. The highest BCUT2D eigenvalue weighted by molar-refractivity contribution is 5.87. The van der Waals surface area contributed by atoms with Gasteiger partial charge in [-0.1, -0.05) is 30.3 Å². The first-order valence-electron chi connectivity index (χ1n) is 7.77. The summed E-state index contributed by atoms with van der Waals surface area (Å²) in [5, 5.41) is 22.2. The number of benzene rings is 2.